The topological polar surface area (TPSA) is 33.2 Å². The SMILES string of the molecule is CN(Cc1ccc(Cl)cc1)C(=O)c1ccncc1Cl. The highest BCUT2D eigenvalue weighted by molar-refractivity contribution is 6.33. The zero-order chi connectivity index (χ0) is 13.8. The molecule has 3 nitrogen and oxygen atoms in total. The smallest absolute Gasteiger partial charge is 0.255 e. The van der Waals surface area contributed by atoms with Gasteiger partial charge in [-0.15, -0.1) is 0 Å². The minimum atomic E-state index is -0.137. The van der Waals surface area contributed by atoms with E-state index in [0.717, 1.165) is 5.56 Å². The number of halogens is 2. The molecule has 0 radical (unpaired) electrons. The molecular weight excluding hydrogens is 283 g/mol. The Morgan fingerprint density at radius 3 is 2.53 bits per heavy atom. The summed E-state index contributed by atoms with van der Waals surface area (Å²) in [7, 11) is 1.73. The van der Waals surface area contributed by atoms with Gasteiger partial charge in [0.05, 0.1) is 10.6 Å². The molecule has 0 aliphatic rings. The number of carbonyl (C=O) groups is 1. The number of hydrogen-bond donors (Lipinski definition) is 0. The molecule has 1 aromatic heterocycles. The number of pyridine rings is 1. The first-order valence-electron chi connectivity index (χ1n) is 5.67. The molecule has 98 valence electrons. The molecule has 0 saturated heterocycles. The predicted octanol–water partition coefficient (Wildman–Crippen LogP) is 3.66. The van der Waals surface area contributed by atoms with E-state index in [-0.39, 0.29) is 5.91 Å². The van der Waals surface area contributed by atoms with Crippen LogP contribution in [0.25, 0.3) is 0 Å². The van der Waals surface area contributed by atoms with Gasteiger partial charge in [-0.05, 0) is 23.8 Å². The van der Waals surface area contributed by atoms with Crippen LogP contribution in [0.4, 0.5) is 0 Å². The number of hydrogen-bond acceptors (Lipinski definition) is 2. The Labute approximate surface area is 121 Å². The molecule has 1 amide bonds. The normalized spacial score (nSPS) is 10.3. The maximum Gasteiger partial charge on any atom is 0.255 e. The number of carbonyl (C=O) groups excluding carboxylic acids is 1. The molecule has 0 saturated carbocycles. The van der Waals surface area contributed by atoms with E-state index in [2.05, 4.69) is 4.98 Å². The molecule has 1 heterocycles. The van der Waals surface area contributed by atoms with Crippen molar-refractivity contribution < 1.29 is 4.79 Å². The van der Waals surface area contributed by atoms with Crippen LogP contribution < -0.4 is 0 Å². The molecule has 0 aliphatic carbocycles. The molecule has 1 aromatic carbocycles. The molecular formula is C14H12Cl2N2O. The first kappa shape index (κ1) is 13.8. The fraction of sp³-hybridized carbons (Fsp3) is 0.143. The predicted molar refractivity (Wildman–Crippen MR) is 76.5 cm³/mol. The fourth-order valence-corrected chi connectivity index (χ4v) is 2.02. The first-order chi connectivity index (χ1) is 9.08. The monoisotopic (exact) mass is 294 g/mol. The van der Waals surface area contributed by atoms with Crippen molar-refractivity contribution in [2.75, 3.05) is 7.05 Å². The Kier molecular flexibility index (Phi) is 4.40. The van der Waals surface area contributed by atoms with Crippen LogP contribution >= 0.6 is 23.2 Å². The molecule has 2 aromatic rings. The lowest BCUT2D eigenvalue weighted by atomic mass is 10.2. The highest BCUT2D eigenvalue weighted by Crippen LogP contribution is 2.17. The van der Waals surface area contributed by atoms with Gasteiger partial charge in [-0.3, -0.25) is 9.78 Å². The van der Waals surface area contributed by atoms with Crippen molar-refractivity contribution in [3.8, 4) is 0 Å². The summed E-state index contributed by atoms with van der Waals surface area (Å²) in [5.74, 6) is -0.137. The fourth-order valence-electron chi connectivity index (χ4n) is 1.69. The van der Waals surface area contributed by atoms with Gasteiger partial charge in [-0.2, -0.15) is 0 Å². The highest BCUT2D eigenvalue weighted by atomic mass is 35.5. The van der Waals surface area contributed by atoms with E-state index in [1.54, 1.807) is 36.3 Å². The molecule has 2 rings (SSSR count). The summed E-state index contributed by atoms with van der Waals surface area (Å²) in [4.78, 5) is 17.7. The molecule has 0 N–H and O–H groups in total. The van der Waals surface area contributed by atoms with E-state index >= 15 is 0 Å². The van der Waals surface area contributed by atoms with Gasteiger partial charge in [0.1, 0.15) is 0 Å². The average molecular weight is 295 g/mol. The minimum Gasteiger partial charge on any atom is -0.337 e. The largest absolute Gasteiger partial charge is 0.337 e. The molecule has 0 unspecified atom stereocenters. The average Bonchev–Trinajstić information content (AvgIpc) is 2.41. The van der Waals surface area contributed by atoms with E-state index in [1.807, 2.05) is 12.1 Å². The second-order valence-corrected chi connectivity index (χ2v) is 4.99. The van der Waals surface area contributed by atoms with E-state index in [9.17, 15) is 4.79 Å². The van der Waals surface area contributed by atoms with Crippen LogP contribution in [0.2, 0.25) is 10.0 Å². The molecule has 0 bridgehead atoms. The zero-order valence-corrected chi connectivity index (χ0v) is 11.8. The first-order valence-corrected chi connectivity index (χ1v) is 6.43. The Morgan fingerprint density at radius 2 is 1.89 bits per heavy atom. The van der Waals surface area contributed by atoms with E-state index in [0.29, 0.717) is 22.2 Å². The number of nitrogens with zero attached hydrogens (tertiary/aromatic N) is 2. The minimum absolute atomic E-state index is 0.137. The van der Waals surface area contributed by atoms with Gasteiger partial charge in [0, 0.05) is 31.0 Å². The summed E-state index contributed by atoms with van der Waals surface area (Å²) in [6.07, 6.45) is 3.01. The van der Waals surface area contributed by atoms with Gasteiger partial charge in [0.15, 0.2) is 0 Å². The summed E-state index contributed by atoms with van der Waals surface area (Å²) < 4.78 is 0. The van der Waals surface area contributed by atoms with Crippen molar-refractivity contribution in [2.24, 2.45) is 0 Å². The van der Waals surface area contributed by atoms with Crippen molar-refractivity contribution in [1.29, 1.82) is 0 Å². The maximum absolute atomic E-state index is 12.2. The summed E-state index contributed by atoms with van der Waals surface area (Å²) in [5, 5.41) is 1.03. The lowest BCUT2D eigenvalue weighted by molar-refractivity contribution is 0.0785. The molecule has 0 spiro atoms. The van der Waals surface area contributed by atoms with Crippen LogP contribution in [0.3, 0.4) is 0 Å². The van der Waals surface area contributed by atoms with Gasteiger partial charge >= 0.3 is 0 Å². The van der Waals surface area contributed by atoms with Crippen LogP contribution in [0.1, 0.15) is 15.9 Å². The van der Waals surface area contributed by atoms with Gasteiger partial charge in [0.2, 0.25) is 0 Å². The third kappa shape index (κ3) is 3.46. The Morgan fingerprint density at radius 1 is 1.21 bits per heavy atom. The standard InChI is InChI=1S/C14H12Cl2N2O/c1-18(9-10-2-4-11(15)5-3-10)14(19)12-6-7-17-8-13(12)16/h2-8H,9H2,1H3. The molecule has 0 fully saturated rings. The van der Waals surface area contributed by atoms with Crippen LogP contribution in [-0.2, 0) is 6.54 Å². The van der Waals surface area contributed by atoms with Crippen molar-refractivity contribution in [3.05, 3.63) is 63.9 Å². The van der Waals surface area contributed by atoms with Gasteiger partial charge in [-0.25, -0.2) is 0 Å². The quantitative estimate of drug-likeness (QED) is 0.865. The second kappa shape index (κ2) is 6.04. The number of amides is 1. The van der Waals surface area contributed by atoms with Crippen molar-refractivity contribution in [2.45, 2.75) is 6.54 Å². The van der Waals surface area contributed by atoms with Crippen LogP contribution in [0.15, 0.2) is 42.7 Å². The van der Waals surface area contributed by atoms with Crippen molar-refractivity contribution in [1.82, 2.24) is 9.88 Å². The number of benzene rings is 1. The third-order valence-electron chi connectivity index (χ3n) is 2.68. The van der Waals surface area contributed by atoms with Crippen LogP contribution in [0.5, 0.6) is 0 Å². The van der Waals surface area contributed by atoms with Gasteiger partial charge in [-0.1, -0.05) is 35.3 Å². The van der Waals surface area contributed by atoms with E-state index < -0.39 is 0 Å². The number of rotatable bonds is 3. The summed E-state index contributed by atoms with van der Waals surface area (Å²) >= 11 is 11.8. The highest BCUT2D eigenvalue weighted by Gasteiger charge is 2.15. The summed E-state index contributed by atoms with van der Waals surface area (Å²) in [5.41, 5.74) is 1.46. The third-order valence-corrected chi connectivity index (χ3v) is 3.24. The van der Waals surface area contributed by atoms with Crippen molar-refractivity contribution in [3.63, 3.8) is 0 Å². The summed E-state index contributed by atoms with van der Waals surface area (Å²) in [6, 6.07) is 8.99. The lowest BCUT2D eigenvalue weighted by Crippen LogP contribution is -2.26. The van der Waals surface area contributed by atoms with Crippen LogP contribution in [-0.4, -0.2) is 22.8 Å². The van der Waals surface area contributed by atoms with E-state index in [4.69, 9.17) is 23.2 Å². The maximum atomic E-state index is 12.2. The molecule has 5 heteroatoms. The molecule has 19 heavy (non-hydrogen) atoms. The Hall–Kier alpha value is -1.58. The van der Waals surface area contributed by atoms with Crippen molar-refractivity contribution >= 4 is 29.1 Å². The van der Waals surface area contributed by atoms with E-state index in [1.165, 1.54) is 6.20 Å². The van der Waals surface area contributed by atoms with Gasteiger partial charge < -0.3 is 4.90 Å². The number of aromatic nitrogens is 1. The Balaban J connectivity index is 2.12. The zero-order valence-electron chi connectivity index (χ0n) is 10.3. The Bertz CT molecular complexity index is 584. The lowest BCUT2D eigenvalue weighted by Gasteiger charge is -2.17. The summed E-state index contributed by atoms with van der Waals surface area (Å²) in [6.45, 7) is 0.495. The van der Waals surface area contributed by atoms with Crippen LogP contribution in [0, 0.1) is 0 Å². The molecule has 0 aliphatic heterocycles. The molecule has 0 atom stereocenters. The van der Waals surface area contributed by atoms with Gasteiger partial charge in [0.25, 0.3) is 5.91 Å². The second-order valence-electron chi connectivity index (χ2n) is 4.14.